The van der Waals surface area contributed by atoms with Crippen molar-refractivity contribution in [3.8, 4) is 0 Å². The molecule has 2 N–H and O–H groups in total. The van der Waals surface area contributed by atoms with Crippen molar-refractivity contribution in [3.63, 3.8) is 0 Å². The Hall–Kier alpha value is -1.78. The summed E-state index contributed by atoms with van der Waals surface area (Å²) in [6.45, 7) is 3.68. The number of amides is 1. The third kappa shape index (κ3) is 3.86. The van der Waals surface area contributed by atoms with E-state index in [1.165, 1.54) is 6.26 Å². The minimum atomic E-state index is -0.747. The highest BCUT2D eigenvalue weighted by atomic mass is 35.5. The molecule has 0 saturated carbocycles. The molecule has 2 unspecified atom stereocenters. The van der Waals surface area contributed by atoms with Crippen molar-refractivity contribution >= 4 is 17.5 Å². The molecule has 0 fully saturated rings. The fourth-order valence-corrected chi connectivity index (χ4v) is 2.33. The van der Waals surface area contributed by atoms with Crippen LogP contribution >= 0.6 is 11.6 Å². The monoisotopic (exact) mass is 307 g/mol. The molecule has 112 valence electrons. The molecule has 0 spiro atoms. The van der Waals surface area contributed by atoms with Gasteiger partial charge in [-0.1, -0.05) is 23.7 Å². The number of rotatable bonds is 5. The Bertz CT molecular complexity index is 610. The first-order chi connectivity index (χ1) is 9.99. The SMILES string of the molecule is Cc1cccc(C(=O)NC(C)CC(O)c2ccco2)c1Cl. The summed E-state index contributed by atoms with van der Waals surface area (Å²) in [5.74, 6) is 0.243. The predicted molar refractivity (Wildman–Crippen MR) is 81.4 cm³/mol. The molecule has 0 aliphatic heterocycles. The Labute approximate surface area is 128 Å². The molecule has 2 aromatic rings. The normalized spacial score (nSPS) is 13.7. The number of hydrogen-bond acceptors (Lipinski definition) is 3. The van der Waals surface area contributed by atoms with Gasteiger partial charge in [0.15, 0.2) is 0 Å². The molecule has 2 atom stereocenters. The second kappa shape index (κ2) is 6.78. The van der Waals surface area contributed by atoms with Gasteiger partial charge in [0.1, 0.15) is 11.9 Å². The second-order valence-electron chi connectivity index (χ2n) is 5.08. The lowest BCUT2D eigenvalue weighted by molar-refractivity contribution is 0.0903. The van der Waals surface area contributed by atoms with E-state index in [2.05, 4.69) is 5.32 Å². The number of aliphatic hydroxyl groups excluding tert-OH is 1. The Morgan fingerprint density at radius 2 is 2.14 bits per heavy atom. The molecule has 1 amide bonds. The maximum atomic E-state index is 12.2. The quantitative estimate of drug-likeness (QED) is 0.889. The van der Waals surface area contributed by atoms with Gasteiger partial charge in [0.25, 0.3) is 5.91 Å². The first-order valence-electron chi connectivity index (χ1n) is 6.76. The molecular weight excluding hydrogens is 290 g/mol. The molecule has 2 rings (SSSR count). The molecule has 0 saturated heterocycles. The lowest BCUT2D eigenvalue weighted by Gasteiger charge is -2.17. The standard InChI is InChI=1S/C16H18ClNO3/c1-10-5-3-6-12(15(10)17)16(20)18-11(2)9-13(19)14-7-4-8-21-14/h3-8,11,13,19H,9H2,1-2H3,(H,18,20). The van der Waals surface area contributed by atoms with Crippen LogP contribution in [-0.2, 0) is 0 Å². The molecule has 1 aromatic carbocycles. The maximum absolute atomic E-state index is 12.2. The van der Waals surface area contributed by atoms with E-state index in [1.807, 2.05) is 19.9 Å². The number of carbonyl (C=O) groups is 1. The van der Waals surface area contributed by atoms with E-state index < -0.39 is 6.10 Å². The fourth-order valence-electron chi connectivity index (χ4n) is 2.12. The van der Waals surface area contributed by atoms with E-state index in [0.717, 1.165) is 5.56 Å². The lowest BCUT2D eigenvalue weighted by Crippen LogP contribution is -2.34. The van der Waals surface area contributed by atoms with E-state index >= 15 is 0 Å². The van der Waals surface area contributed by atoms with Gasteiger partial charge >= 0.3 is 0 Å². The van der Waals surface area contributed by atoms with E-state index in [1.54, 1.807) is 24.3 Å². The first-order valence-corrected chi connectivity index (χ1v) is 7.14. The average molecular weight is 308 g/mol. The third-order valence-electron chi connectivity index (χ3n) is 3.26. The highest BCUT2D eigenvalue weighted by molar-refractivity contribution is 6.34. The molecule has 1 heterocycles. The van der Waals surface area contributed by atoms with Crippen LogP contribution < -0.4 is 5.32 Å². The number of furan rings is 1. The second-order valence-corrected chi connectivity index (χ2v) is 5.46. The van der Waals surface area contributed by atoms with Gasteiger partial charge in [0.2, 0.25) is 0 Å². The van der Waals surface area contributed by atoms with Crippen LogP contribution in [0, 0.1) is 6.92 Å². The van der Waals surface area contributed by atoms with Crippen molar-refractivity contribution in [2.45, 2.75) is 32.4 Å². The van der Waals surface area contributed by atoms with E-state index in [-0.39, 0.29) is 11.9 Å². The van der Waals surface area contributed by atoms with Crippen LogP contribution in [0.1, 0.15) is 41.1 Å². The summed E-state index contributed by atoms with van der Waals surface area (Å²) in [7, 11) is 0. The highest BCUT2D eigenvalue weighted by Crippen LogP contribution is 2.21. The highest BCUT2D eigenvalue weighted by Gasteiger charge is 2.18. The van der Waals surface area contributed by atoms with Crippen LogP contribution in [0.3, 0.4) is 0 Å². The molecule has 1 aromatic heterocycles. The van der Waals surface area contributed by atoms with Crippen LogP contribution in [0.15, 0.2) is 41.0 Å². The van der Waals surface area contributed by atoms with Gasteiger partial charge in [-0.05, 0) is 37.6 Å². The molecule has 21 heavy (non-hydrogen) atoms. The van der Waals surface area contributed by atoms with Gasteiger partial charge in [-0.15, -0.1) is 0 Å². The van der Waals surface area contributed by atoms with Crippen molar-refractivity contribution in [2.24, 2.45) is 0 Å². The zero-order valence-electron chi connectivity index (χ0n) is 12.0. The van der Waals surface area contributed by atoms with Gasteiger partial charge in [0, 0.05) is 12.5 Å². The Morgan fingerprint density at radius 3 is 2.81 bits per heavy atom. The molecule has 0 bridgehead atoms. The predicted octanol–water partition coefficient (Wildman–Crippen LogP) is 3.48. The fraction of sp³-hybridized carbons (Fsp3) is 0.312. The van der Waals surface area contributed by atoms with Crippen LogP contribution in [-0.4, -0.2) is 17.1 Å². The van der Waals surface area contributed by atoms with Gasteiger partial charge in [-0.3, -0.25) is 4.79 Å². The Balaban J connectivity index is 1.97. The van der Waals surface area contributed by atoms with E-state index in [4.69, 9.17) is 16.0 Å². The van der Waals surface area contributed by atoms with Gasteiger partial charge < -0.3 is 14.8 Å². The minimum Gasteiger partial charge on any atom is -0.467 e. The molecule has 0 radical (unpaired) electrons. The van der Waals surface area contributed by atoms with Gasteiger partial charge in [-0.2, -0.15) is 0 Å². The topological polar surface area (TPSA) is 62.5 Å². The van der Waals surface area contributed by atoms with Crippen LogP contribution in [0.4, 0.5) is 0 Å². The number of nitrogens with one attached hydrogen (secondary N) is 1. The summed E-state index contributed by atoms with van der Waals surface area (Å²) >= 11 is 6.13. The third-order valence-corrected chi connectivity index (χ3v) is 3.76. The van der Waals surface area contributed by atoms with Crippen LogP contribution in [0.2, 0.25) is 5.02 Å². The minimum absolute atomic E-state index is 0.214. The van der Waals surface area contributed by atoms with Crippen molar-refractivity contribution in [2.75, 3.05) is 0 Å². The summed E-state index contributed by atoms with van der Waals surface area (Å²) in [6, 6.07) is 8.53. The molecule has 0 aliphatic carbocycles. The summed E-state index contributed by atoms with van der Waals surface area (Å²) in [4.78, 5) is 12.2. The molecule has 5 heteroatoms. The number of carbonyl (C=O) groups excluding carboxylic acids is 1. The Kier molecular flexibility index (Phi) is 5.04. The van der Waals surface area contributed by atoms with Crippen molar-refractivity contribution in [1.29, 1.82) is 0 Å². The summed E-state index contributed by atoms with van der Waals surface area (Å²) in [6.07, 6.45) is 1.13. The van der Waals surface area contributed by atoms with E-state index in [0.29, 0.717) is 22.8 Å². The number of aliphatic hydroxyl groups is 1. The molecular formula is C16H18ClNO3. The van der Waals surface area contributed by atoms with Crippen LogP contribution in [0.25, 0.3) is 0 Å². The number of aryl methyl sites for hydroxylation is 1. The molecule has 4 nitrogen and oxygen atoms in total. The number of benzene rings is 1. The summed E-state index contributed by atoms with van der Waals surface area (Å²) in [5, 5.41) is 13.3. The largest absolute Gasteiger partial charge is 0.467 e. The first kappa shape index (κ1) is 15.6. The molecule has 0 aliphatic rings. The zero-order valence-corrected chi connectivity index (χ0v) is 12.7. The van der Waals surface area contributed by atoms with Crippen molar-refractivity contribution < 1.29 is 14.3 Å². The Morgan fingerprint density at radius 1 is 1.38 bits per heavy atom. The van der Waals surface area contributed by atoms with Crippen molar-refractivity contribution in [3.05, 3.63) is 58.5 Å². The zero-order chi connectivity index (χ0) is 15.4. The summed E-state index contributed by atoms with van der Waals surface area (Å²) < 4.78 is 5.14. The maximum Gasteiger partial charge on any atom is 0.253 e. The van der Waals surface area contributed by atoms with Gasteiger partial charge in [-0.25, -0.2) is 0 Å². The van der Waals surface area contributed by atoms with Crippen LogP contribution in [0.5, 0.6) is 0 Å². The van der Waals surface area contributed by atoms with Crippen molar-refractivity contribution in [1.82, 2.24) is 5.32 Å². The smallest absolute Gasteiger partial charge is 0.253 e. The lowest BCUT2D eigenvalue weighted by atomic mass is 10.1. The number of hydrogen-bond donors (Lipinski definition) is 2. The van der Waals surface area contributed by atoms with Gasteiger partial charge in [0.05, 0.1) is 16.8 Å². The average Bonchev–Trinajstić information content (AvgIpc) is 2.95. The number of halogens is 1. The summed E-state index contributed by atoms with van der Waals surface area (Å²) in [5.41, 5.74) is 1.29. The van der Waals surface area contributed by atoms with E-state index in [9.17, 15) is 9.90 Å².